The van der Waals surface area contributed by atoms with Crippen LogP contribution in [0.1, 0.15) is 37.7 Å². The minimum Gasteiger partial charge on any atom is -0.392 e. The first-order chi connectivity index (χ1) is 9.16. The predicted molar refractivity (Wildman–Crippen MR) is 85.5 cm³/mol. The molecule has 1 aliphatic carbocycles. The summed E-state index contributed by atoms with van der Waals surface area (Å²) in [5, 5.41) is 12.0. The number of halogens is 2. The van der Waals surface area contributed by atoms with Crippen LogP contribution in [0.4, 0.5) is 0 Å². The zero-order valence-electron chi connectivity index (χ0n) is 10.9. The van der Waals surface area contributed by atoms with Crippen LogP contribution >= 0.6 is 35.0 Å². The van der Waals surface area contributed by atoms with E-state index in [1.54, 1.807) is 6.07 Å². The van der Waals surface area contributed by atoms with Crippen molar-refractivity contribution in [1.29, 1.82) is 0 Å². The van der Waals surface area contributed by atoms with Gasteiger partial charge in [0.25, 0.3) is 0 Å². The van der Waals surface area contributed by atoms with Crippen LogP contribution in [0.25, 0.3) is 0 Å². The van der Waals surface area contributed by atoms with Crippen molar-refractivity contribution in [2.45, 2.75) is 49.9 Å². The predicted octanol–water partition coefficient (Wildman–Crippen LogP) is 4.96. The van der Waals surface area contributed by atoms with Gasteiger partial charge in [-0.1, -0.05) is 54.6 Å². The Bertz CT molecular complexity index is 405. The highest BCUT2D eigenvalue weighted by molar-refractivity contribution is 7.99. The Hall–Kier alpha value is 0.110. The Morgan fingerprint density at radius 1 is 1.21 bits per heavy atom. The molecule has 1 aliphatic rings. The van der Waals surface area contributed by atoms with Crippen LogP contribution < -0.4 is 0 Å². The fourth-order valence-corrected chi connectivity index (χ4v) is 4.17. The second-order valence-electron chi connectivity index (χ2n) is 5.16. The van der Waals surface area contributed by atoms with Gasteiger partial charge in [0.2, 0.25) is 0 Å². The van der Waals surface area contributed by atoms with Gasteiger partial charge in [0, 0.05) is 17.4 Å². The second kappa shape index (κ2) is 7.78. The number of hydrogen-bond donors (Lipinski definition) is 1. The van der Waals surface area contributed by atoms with E-state index in [2.05, 4.69) is 0 Å². The molecule has 4 heteroatoms. The number of aliphatic hydroxyl groups is 1. The lowest BCUT2D eigenvalue weighted by atomic mass is 10.0. The van der Waals surface area contributed by atoms with Crippen LogP contribution in [0.3, 0.4) is 0 Å². The monoisotopic (exact) mass is 318 g/mol. The average molecular weight is 319 g/mol. The maximum atomic E-state index is 10.1. The summed E-state index contributed by atoms with van der Waals surface area (Å²) in [6.45, 7) is 0. The van der Waals surface area contributed by atoms with Crippen molar-refractivity contribution in [2.24, 2.45) is 0 Å². The van der Waals surface area contributed by atoms with E-state index in [1.807, 2.05) is 23.9 Å². The first-order valence-electron chi connectivity index (χ1n) is 6.89. The lowest BCUT2D eigenvalue weighted by molar-refractivity contribution is 0.200. The van der Waals surface area contributed by atoms with Gasteiger partial charge in [-0.2, -0.15) is 11.8 Å². The highest BCUT2D eigenvalue weighted by Gasteiger charge is 2.16. The molecule has 0 amide bonds. The van der Waals surface area contributed by atoms with Gasteiger partial charge in [0.15, 0.2) is 0 Å². The molecule has 1 aromatic carbocycles. The smallest absolute Gasteiger partial charge is 0.0671 e. The molecule has 0 spiro atoms. The number of benzene rings is 1. The molecule has 0 saturated heterocycles. The number of thioether (sulfide) groups is 1. The Morgan fingerprint density at radius 3 is 2.68 bits per heavy atom. The first kappa shape index (κ1) is 15.5. The van der Waals surface area contributed by atoms with Crippen LogP contribution in [0.15, 0.2) is 18.2 Å². The van der Waals surface area contributed by atoms with Gasteiger partial charge >= 0.3 is 0 Å². The largest absolute Gasteiger partial charge is 0.392 e. The first-order valence-corrected chi connectivity index (χ1v) is 8.70. The Balaban J connectivity index is 1.80. The van der Waals surface area contributed by atoms with Crippen molar-refractivity contribution in [3.63, 3.8) is 0 Å². The number of hydrogen-bond acceptors (Lipinski definition) is 2. The maximum absolute atomic E-state index is 10.1. The van der Waals surface area contributed by atoms with E-state index in [-0.39, 0.29) is 6.10 Å². The summed E-state index contributed by atoms with van der Waals surface area (Å²) in [6.07, 6.45) is 6.89. The van der Waals surface area contributed by atoms with Crippen molar-refractivity contribution >= 4 is 35.0 Å². The van der Waals surface area contributed by atoms with E-state index in [0.717, 1.165) is 16.6 Å². The summed E-state index contributed by atoms with van der Waals surface area (Å²) in [5.74, 6) is 0.785. The topological polar surface area (TPSA) is 20.2 Å². The lowest BCUT2D eigenvalue weighted by Crippen LogP contribution is -2.18. The zero-order chi connectivity index (χ0) is 13.7. The molecule has 1 N–H and O–H groups in total. The Morgan fingerprint density at radius 2 is 1.95 bits per heavy atom. The Labute approximate surface area is 129 Å². The quantitative estimate of drug-likeness (QED) is 0.827. The lowest BCUT2D eigenvalue weighted by Gasteiger charge is -2.22. The van der Waals surface area contributed by atoms with Crippen molar-refractivity contribution in [3.05, 3.63) is 33.8 Å². The van der Waals surface area contributed by atoms with Gasteiger partial charge in [0.1, 0.15) is 0 Å². The van der Waals surface area contributed by atoms with Crippen LogP contribution in [-0.2, 0) is 6.42 Å². The van der Waals surface area contributed by atoms with Gasteiger partial charge in [-0.25, -0.2) is 0 Å². The highest BCUT2D eigenvalue weighted by atomic mass is 35.5. The normalized spacial score (nSPS) is 18.5. The fraction of sp³-hybridized carbons (Fsp3) is 0.600. The third-order valence-corrected chi connectivity index (χ3v) is 5.94. The van der Waals surface area contributed by atoms with Crippen molar-refractivity contribution in [3.8, 4) is 0 Å². The number of rotatable bonds is 5. The summed E-state index contributed by atoms with van der Waals surface area (Å²) in [4.78, 5) is 0. The molecule has 0 aliphatic heterocycles. The van der Waals surface area contributed by atoms with E-state index in [4.69, 9.17) is 23.2 Å². The van der Waals surface area contributed by atoms with Gasteiger partial charge in [0.05, 0.1) is 16.1 Å². The average Bonchev–Trinajstić information content (AvgIpc) is 2.43. The summed E-state index contributed by atoms with van der Waals surface area (Å²) in [7, 11) is 0. The molecule has 19 heavy (non-hydrogen) atoms. The molecule has 1 unspecified atom stereocenters. The summed E-state index contributed by atoms with van der Waals surface area (Å²) in [5.41, 5.74) is 0.936. The van der Waals surface area contributed by atoms with Crippen molar-refractivity contribution in [2.75, 3.05) is 5.75 Å². The van der Waals surface area contributed by atoms with Crippen molar-refractivity contribution < 1.29 is 5.11 Å². The molecule has 1 fully saturated rings. The molecule has 0 heterocycles. The summed E-state index contributed by atoms with van der Waals surface area (Å²) >= 11 is 14.0. The molecule has 106 valence electrons. The van der Waals surface area contributed by atoms with Gasteiger partial charge < -0.3 is 5.11 Å². The molecule has 1 aromatic rings. The molecule has 1 nitrogen and oxygen atoms in total. The van der Waals surface area contributed by atoms with Gasteiger partial charge in [-0.3, -0.25) is 0 Å². The van der Waals surface area contributed by atoms with E-state index < -0.39 is 0 Å². The maximum Gasteiger partial charge on any atom is 0.0671 e. The molecule has 0 radical (unpaired) electrons. The van der Waals surface area contributed by atoms with Crippen LogP contribution in [0.2, 0.25) is 10.0 Å². The van der Waals surface area contributed by atoms with Gasteiger partial charge in [-0.05, 0) is 24.5 Å². The number of aliphatic hydroxyl groups excluding tert-OH is 1. The fourth-order valence-electron chi connectivity index (χ4n) is 2.50. The Kier molecular flexibility index (Phi) is 6.34. The molecule has 0 aromatic heterocycles. The van der Waals surface area contributed by atoms with E-state index in [0.29, 0.717) is 16.5 Å². The van der Waals surface area contributed by atoms with Gasteiger partial charge in [-0.15, -0.1) is 0 Å². The third kappa shape index (κ3) is 4.86. The standard InChI is InChI=1S/C15H20Cl2OS/c16-14-8-4-5-11(15(14)17)9-12(18)10-19-13-6-2-1-3-7-13/h4-5,8,12-13,18H,1-3,6-7,9-10H2. The van der Waals surface area contributed by atoms with E-state index in [9.17, 15) is 5.11 Å². The molecule has 2 rings (SSSR count). The second-order valence-corrected chi connectivity index (χ2v) is 7.28. The molecule has 0 bridgehead atoms. The molecular formula is C15H20Cl2OS. The SMILES string of the molecule is OC(CSC1CCCCC1)Cc1cccc(Cl)c1Cl. The van der Waals surface area contributed by atoms with Crippen LogP contribution in [0, 0.1) is 0 Å². The van der Waals surface area contributed by atoms with Crippen LogP contribution in [0.5, 0.6) is 0 Å². The summed E-state index contributed by atoms with van der Waals surface area (Å²) in [6, 6.07) is 5.59. The van der Waals surface area contributed by atoms with Crippen LogP contribution in [-0.4, -0.2) is 22.2 Å². The third-order valence-electron chi connectivity index (χ3n) is 3.56. The molecule has 1 atom stereocenters. The minimum atomic E-state index is -0.345. The van der Waals surface area contributed by atoms with E-state index >= 15 is 0 Å². The van der Waals surface area contributed by atoms with Crippen molar-refractivity contribution in [1.82, 2.24) is 0 Å². The minimum absolute atomic E-state index is 0.345. The van der Waals surface area contributed by atoms with E-state index in [1.165, 1.54) is 32.1 Å². The zero-order valence-corrected chi connectivity index (χ0v) is 13.3. The molecular weight excluding hydrogens is 299 g/mol. The highest BCUT2D eigenvalue weighted by Crippen LogP contribution is 2.30. The molecule has 1 saturated carbocycles. The summed E-state index contributed by atoms with van der Waals surface area (Å²) < 4.78 is 0.